The maximum absolute atomic E-state index is 6.08. The van der Waals surface area contributed by atoms with Crippen LogP contribution in [0.5, 0.6) is 5.75 Å². The Bertz CT molecular complexity index is 400. The molecule has 1 fully saturated rings. The van der Waals surface area contributed by atoms with E-state index in [1.807, 2.05) is 0 Å². The molecule has 1 aromatic carbocycles. The Kier molecular flexibility index (Phi) is 6.52. The van der Waals surface area contributed by atoms with E-state index in [9.17, 15) is 0 Å². The summed E-state index contributed by atoms with van der Waals surface area (Å²) in [5.74, 6) is 1.86. The molecule has 1 aromatic rings. The molecule has 0 amide bonds. The van der Waals surface area contributed by atoms with E-state index in [1.165, 1.54) is 31.4 Å². The Morgan fingerprint density at radius 3 is 2.43 bits per heavy atom. The Hall–Kier alpha value is -1.06. The molecule has 0 bridgehead atoms. The molecule has 0 saturated heterocycles. The molecule has 3 nitrogen and oxygen atoms in total. The van der Waals surface area contributed by atoms with E-state index in [4.69, 9.17) is 10.5 Å². The van der Waals surface area contributed by atoms with Gasteiger partial charge in [0.25, 0.3) is 0 Å². The normalized spacial score (nSPS) is 16.2. The van der Waals surface area contributed by atoms with Gasteiger partial charge in [0.15, 0.2) is 0 Å². The highest BCUT2D eigenvalue weighted by Gasteiger charge is 2.27. The second kappa shape index (κ2) is 8.40. The van der Waals surface area contributed by atoms with Crippen LogP contribution in [0.3, 0.4) is 0 Å². The largest absolute Gasteiger partial charge is 0.494 e. The molecule has 0 radical (unpaired) electrons. The summed E-state index contributed by atoms with van der Waals surface area (Å²) in [6.45, 7) is 8.16. The lowest BCUT2D eigenvalue weighted by Gasteiger charge is -2.31. The summed E-state index contributed by atoms with van der Waals surface area (Å²) in [6.07, 6.45) is 5.00. The van der Waals surface area contributed by atoms with Crippen LogP contribution < -0.4 is 10.5 Å². The second-order valence-corrected chi connectivity index (χ2v) is 6.11. The number of nitrogens with zero attached hydrogens (tertiary/aromatic N) is 1. The average Bonchev–Trinajstić information content (AvgIpc) is 3.31. The van der Waals surface area contributed by atoms with Crippen LogP contribution in [0.4, 0.5) is 0 Å². The molecule has 21 heavy (non-hydrogen) atoms. The minimum absolute atomic E-state index is 0.339. The molecular weight excluding hydrogens is 260 g/mol. The van der Waals surface area contributed by atoms with E-state index in [0.29, 0.717) is 12.6 Å². The van der Waals surface area contributed by atoms with Crippen molar-refractivity contribution >= 4 is 0 Å². The lowest BCUT2D eigenvalue weighted by atomic mass is 10.0. The van der Waals surface area contributed by atoms with Crippen LogP contribution in [-0.2, 0) is 0 Å². The van der Waals surface area contributed by atoms with Crippen molar-refractivity contribution in [2.45, 2.75) is 45.6 Å². The zero-order valence-electron chi connectivity index (χ0n) is 13.6. The van der Waals surface area contributed by atoms with Crippen molar-refractivity contribution in [3.05, 3.63) is 29.8 Å². The number of nitrogens with two attached hydrogens (primary N) is 1. The fraction of sp³-hybridized carbons (Fsp3) is 0.667. The average molecular weight is 290 g/mol. The molecule has 1 aliphatic rings. The molecule has 0 spiro atoms. The van der Waals surface area contributed by atoms with Crippen molar-refractivity contribution in [2.24, 2.45) is 11.7 Å². The van der Waals surface area contributed by atoms with Crippen molar-refractivity contribution in [1.82, 2.24) is 4.90 Å². The van der Waals surface area contributed by atoms with Crippen LogP contribution in [-0.4, -0.2) is 31.1 Å². The van der Waals surface area contributed by atoms with Gasteiger partial charge in [-0.1, -0.05) is 26.0 Å². The minimum atomic E-state index is 0.339. The standard InChI is InChI=1S/C18H30N2O/c1-3-11-20(14-15-5-6-15)18(13-19)16-7-9-17(10-8-16)21-12-4-2/h7-10,15,18H,3-6,11-14,19H2,1-2H3. The SMILES string of the molecule is CCCOc1ccc(C(CN)N(CCC)CC2CC2)cc1. The summed E-state index contributed by atoms with van der Waals surface area (Å²) in [5, 5.41) is 0. The van der Waals surface area contributed by atoms with Gasteiger partial charge < -0.3 is 10.5 Å². The third-order valence-corrected chi connectivity index (χ3v) is 4.10. The van der Waals surface area contributed by atoms with Crippen LogP contribution in [0, 0.1) is 5.92 Å². The molecule has 2 rings (SSSR count). The van der Waals surface area contributed by atoms with E-state index < -0.39 is 0 Å². The predicted molar refractivity (Wildman–Crippen MR) is 88.6 cm³/mol. The van der Waals surface area contributed by atoms with Crippen molar-refractivity contribution in [2.75, 3.05) is 26.2 Å². The summed E-state index contributed by atoms with van der Waals surface area (Å²) < 4.78 is 5.66. The monoisotopic (exact) mass is 290 g/mol. The molecule has 1 aliphatic carbocycles. The molecular formula is C18H30N2O. The molecule has 1 saturated carbocycles. The van der Waals surface area contributed by atoms with Gasteiger partial charge in [-0.2, -0.15) is 0 Å². The highest BCUT2D eigenvalue weighted by molar-refractivity contribution is 5.29. The number of hydrogen-bond donors (Lipinski definition) is 1. The summed E-state index contributed by atoms with van der Waals surface area (Å²) >= 11 is 0. The Balaban J connectivity index is 2.02. The van der Waals surface area contributed by atoms with Gasteiger partial charge in [0, 0.05) is 19.1 Å². The van der Waals surface area contributed by atoms with E-state index >= 15 is 0 Å². The van der Waals surface area contributed by atoms with Crippen LogP contribution in [0.25, 0.3) is 0 Å². The van der Waals surface area contributed by atoms with Crippen molar-refractivity contribution in [1.29, 1.82) is 0 Å². The number of benzene rings is 1. The van der Waals surface area contributed by atoms with E-state index in [2.05, 4.69) is 43.0 Å². The highest BCUT2D eigenvalue weighted by atomic mass is 16.5. The van der Waals surface area contributed by atoms with Crippen LogP contribution in [0.1, 0.15) is 51.1 Å². The minimum Gasteiger partial charge on any atom is -0.494 e. The number of rotatable bonds is 10. The van der Waals surface area contributed by atoms with Gasteiger partial charge in [-0.25, -0.2) is 0 Å². The first-order chi connectivity index (χ1) is 10.3. The second-order valence-electron chi connectivity index (χ2n) is 6.11. The lowest BCUT2D eigenvalue weighted by Crippen LogP contribution is -2.35. The van der Waals surface area contributed by atoms with Gasteiger partial charge in [-0.15, -0.1) is 0 Å². The number of hydrogen-bond acceptors (Lipinski definition) is 3. The molecule has 1 atom stereocenters. The van der Waals surface area contributed by atoms with Gasteiger partial charge in [0.2, 0.25) is 0 Å². The molecule has 0 heterocycles. The third kappa shape index (κ3) is 5.01. The zero-order valence-corrected chi connectivity index (χ0v) is 13.6. The summed E-state index contributed by atoms with van der Waals surface area (Å²) in [6, 6.07) is 8.85. The van der Waals surface area contributed by atoms with Gasteiger partial charge in [-0.3, -0.25) is 4.90 Å². The smallest absolute Gasteiger partial charge is 0.119 e. The first-order valence-electron chi connectivity index (χ1n) is 8.45. The van der Waals surface area contributed by atoms with E-state index in [0.717, 1.165) is 31.2 Å². The Labute approximate surface area is 129 Å². The van der Waals surface area contributed by atoms with Gasteiger partial charge in [-0.05, 0) is 55.8 Å². The summed E-state index contributed by atoms with van der Waals surface area (Å²) in [7, 11) is 0. The van der Waals surface area contributed by atoms with Gasteiger partial charge in [0.1, 0.15) is 5.75 Å². The van der Waals surface area contributed by atoms with Crippen LogP contribution >= 0.6 is 0 Å². The summed E-state index contributed by atoms with van der Waals surface area (Å²) in [4.78, 5) is 2.57. The summed E-state index contributed by atoms with van der Waals surface area (Å²) in [5.41, 5.74) is 7.39. The maximum Gasteiger partial charge on any atom is 0.119 e. The Morgan fingerprint density at radius 1 is 1.19 bits per heavy atom. The molecule has 3 heteroatoms. The van der Waals surface area contributed by atoms with Crippen molar-refractivity contribution in [3.63, 3.8) is 0 Å². The molecule has 118 valence electrons. The van der Waals surface area contributed by atoms with E-state index in [1.54, 1.807) is 0 Å². The van der Waals surface area contributed by atoms with Crippen LogP contribution in [0.2, 0.25) is 0 Å². The molecule has 0 aromatic heterocycles. The first-order valence-corrected chi connectivity index (χ1v) is 8.45. The van der Waals surface area contributed by atoms with E-state index in [-0.39, 0.29) is 0 Å². The van der Waals surface area contributed by atoms with Crippen molar-refractivity contribution in [3.8, 4) is 5.75 Å². The molecule has 0 aliphatic heterocycles. The highest BCUT2D eigenvalue weighted by Crippen LogP contribution is 2.33. The Morgan fingerprint density at radius 2 is 1.90 bits per heavy atom. The lowest BCUT2D eigenvalue weighted by molar-refractivity contribution is 0.193. The van der Waals surface area contributed by atoms with Gasteiger partial charge >= 0.3 is 0 Å². The number of ether oxygens (including phenoxy) is 1. The first kappa shape index (κ1) is 16.3. The fourth-order valence-electron chi connectivity index (χ4n) is 2.80. The predicted octanol–water partition coefficient (Wildman–Crippen LogP) is 3.60. The third-order valence-electron chi connectivity index (χ3n) is 4.10. The quantitative estimate of drug-likeness (QED) is 0.715. The molecule has 1 unspecified atom stereocenters. The topological polar surface area (TPSA) is 38.5 Å². The maximum atomic E-state index is 6.08. The van der Waals surface area contributed by atoms with Crippen LogP contribution in [0.15, 0.2) is 24.3 Å². The van der Waals surface area contributed by atoms with Crippen molar-refractivity contribution < 1.29 is 4.74 Å². The fourth-order valence-corrected chi connectivity index (χ4v) is 2.80. The molecule has 2 N–H and O–H groups in total. The zero-order chi connectivity index (χ0) is 15.1. The van der Waals surface area contributed by atoms with Gasteiger partial charge in [0.05, 0.1) is 6.61 Å².